The summed E-state index contributed by atoms with van der Waals surface area (Å²) in [4.78, 5) is 24.5. The lowest BCUT2D eigenvalue weighted by molar-refractivity contribution is -0.128. The third-order valence-electron chi connectivity index (χ3n) is 2.31. The number of amides is 2. The van der Waals surface area contributed by atoms with Gasteiger partial charge in [0.05, 0.1) is 0 Å². The average Bonchev–Trinajstić information content (AvgIpc) is 2.27. The number of nitrogens with two attached hydrogens (primary N) is 1. The normalized spacial score (nSPS) is 9.94. The number of halogens is 1. The van der Waals surface area contributed by atoms with Crippen molar-refractivity contribution in [1.82, 2.24) is 10.2 Å². The number of nitrogens with one attached hydrogen (secondary N) is 1. The summed E-state index contributed by atoms with van der Waals surface area (Å²) < 4.78 is 0. The maximum atomic E-state index is 11.8. The highest BCUT2D eigenvalue weighted by Gasteiger charge is 2.09. The van der Waals surface area contributed by atoms with Crippen LogP contribution in [0.5, 0.6) is 0 Å². The summed E-state index contributed by atoms with van der Waals surface area (Å²) in [7, 11) is 3.34. The summed E-state index contributed by atoms with van der Waals surface area (Å²) in [5.74, 6) is -0.336. The molecular weight excluding hydrogens is 254 g/mol. The fourth-order valence-corrected chi connectivity index (χ4v) is 1.60. The molecule has 0 aliphatic heterocycles. The van der Waals surface area contributed by atoms with Crippen LogP contribution < -0.4 is 11.1 Å². The van der Waals surface area contributed by atoms with Gasteiger partial charge >= 0.3 is 0 Å². The van der Waals surface area contributed by atoms with Crippen molar-refractivity contribution in [3.63, 3.8) is 0 Å². The molecule has 2 amide bonds. The van der Waals surface area contributed by atoms with E-state index in [4.69, 9.17) is 17.3 Å². The topological polar surface area (TPSA) is 75.4 Å². The van der Waals surface area contributed by atoms with Gasteiger partial charge < -0.3 is 16.0 Å². The number of nitrogens with zero attached hydrogens (tertiary/aromatic N) is 1. The Morgan fingerprint density at radius 2 is 2.00 bits per heavy atom. The van der Waals surface area contributed by atoms with E-state index in [1.54, 1.807) is 20.2 Å². The molecule has 0 saturated heterocycles. The summed E-state index contributed by atoms with van der Waals surface area (Å²) in [6.07, 6.45) is 0.259. The zero-order valence-electron chi connectivity index (χ0n) is 10.4. The summed E-state index contributed by atoms with van der Waals surface area (Å²) in [5, 5.41) is 3.05. The predicted molar refractivity (Wildman–Crippen MR) is 71.5 cm³/mol. The van der Waals surface area contributed by atoms with E-state index < -0.39 is 0 Å². The fourth-order valence-electron chi connectivity index (χ4n) is 1.35. The zero-order chi connectivity index (χ0) is 13.7. The van der Waals surface area contributed by atoms with E-state index in [0.29, 0.717) is 16.3 Å². The Kier molecular flexibility index (Phi) is 4.97. The van der Waals surface area contributed by atoms with Crippen LogP contribution in [0.15, 0.2) is 18.2 Å². The third kappa shape index (κ3) is 4.25. The Morgan fingerprint density at radius 1 is 1.33 bits per heavy atom. The molecular formula is C12H16ClN3O2. The highest BCUT2D eigenvalue weighted by Crippen LogP contribution is 2.16. The van der Waals surface area contributed by atoms with E-state index in [1.165, 1.54) is 17.0 Å². The molecule has 0 fully saturated rings. The molecule has 0 atom stereocenters. The lowest BCUT2D eigenvalue weighted by Crippen LogP contribution is -2.30. The molecule has 0 heterocycles. The van der Waals surface area contributed by atoms with Gasteiger partial charge in [-0.2, -0.15) is 0 Å². The number of hydrogen-bond donors (Lipinski definition) is 2. The van der Waals surface area contributed by atoms with E-state index >= 15 is 0 Å². The van der Waals surface area contributed by atoms with E-state index in [1.807, 2.05) is 0 Å². The van der Waals surface area contributed by atoms with Gasteiger partial charge in [0.1, 0.15) is 0 Å². The number of carbonyl (C=O) groups excluding carboxylic acids is 2. The lowest BCUT2D eigenvalue weighted by Gasteiger charge is -2.10. The van der Waals surface area contributed by atoms with Crippen LogP contribution >= 0.6 is 11.6 Å². The quantitative estimate of drug-likeness (QED) is 0.805. The molecule has 18 heavy (non-hydrogen) atoms. The number of rotatable bonds is 4. The molecule has 6 heteroatoms. The largest absolute Gasteiger partial charge is 0.399 e. The molecule has 0 unspecified atom stereocenters. The Balaban J connectivity index is 2.53. The summed E-state index contributed by atoms with van der Waals surface area (Å²) in [6, 6.07) is 4.63. The summed E-state index contributed by atoms with van der Waals surface area (Å²) in [5.41, 5.74) is 6.40. The van der Waals surface area contributed by atoms with Crippen molar-refractivity contribution in [3.05, 3.63) is 28.8 Å². The van der Waals surface area contributed by atoms with Gasteiger partial charge in [-0.1, -0.05) is 11.6 Å². The second kappa shape index (κ2) is 6.26. The van der Waals surface area contributed by atoms with Gasteiger partial charge in [-0.05, 0) is 18.2 Å². The number of benzene rings is 1. The standard InChI is InChI=1S/C12H16ClN3O2/c1-16(2)11(17)3-4-15-12(18)8-5-9(13)7-10(14)6-8/h5-7H,3-4,14H2,1-2H3,(H,15,18). The van der Waals surface area contributed by atoms with Crippen molar-refractivity contribution in [2.75, 3.05) is 26.4 Å². The van der Waals surface area contributed by atoms with Crippen molar-refractivity contribution in [1.29, 1.82) is 0 Å². The molecule has 1 aromatic carbocycles. The van der Waals surface area contributed by atoms with Crippen LogP contribution in [0.4, 0.5) is 5.69 Å². The minimum atomic E-state index is -0.296. The minimum absolute atomic E-state index is 0.0408. The molecule has 98 valence electrons. The van der Waals surface area contributed by atoms with Crippen molar-refractivity contribution < 1.29 is 9.59 Å². The first-order valence-corrected chi connectivity index (χ1v) is 5.82. The first-order valence-electron chi connectivity index (χ1n) is 5.44. The molecule has 3 N–H and O–H groups in total. The first kappa shape index (κ1) is 14.3. The van der Waals surface area contributed by atoms with Crippen molar-refractivity contribution in [2.45, 2.75) is 6.42 Å². The van der Waals surface area contributed by atoms with E-state index in [9.17, 15) is 9.59 Å². The van der Waals surface area contributed by atoms with Gasteiger partial charge in [-0.15, -0.1) is 0 Å². The van der Waals surface area contributed by atoms with Crippen molar-refractivity contribution in [2.24, 2.45) is 0 Å². The predicted octanol–water partition coefficient (Wildman–Crippen LogP) is 1.13. The number of hydrogen-bond acceptors (Lipinski definition) is 3. The average molecular weight is 270 g/mol. The molecule has 0 aliphatic rings. The lowest BCUT2D eigenvalue weighted by atomic mass is 10.2. The van der Waals surface area contributed by atoms with Crippen LogP contribution in [0.3, 0.4) is 0 Å². The van der Waals surface area contributed by atoms with Gasteiger partial charge in [0.15, 0.2) is 0 Å². The molecule has 0 aromatic heterocycles. The molecule has 0 saturated carbocycles. The minimum Gasteiger partial charge on any atom is -0.399 e. The third-order valence-corrected chi connectivity index (χ3v) is 2.52. The van der Waals surface area contributed by atoms with Crippen LogP contribution in [0.2, 0.25) is 5.02 Å². The Bertz CT molecular complexity index is 440. The zero-order valence-corrected chi connectivity index (χ0v) is 11.1. The van der Waals surface area contributed by atoms with Gasteiger partial charge in [0.25, 0.3) is 5.91 Å². The molecule has 0 radical (unpaired) electrons. The van der Waals surface area contributed by atoms with Gasteiger partial charge in [0, 0.05) is 43.3 Å². The number of carbonyl (C=O) groups is 2. The molecule has 0 aliphatic carbocycles. The fraction of sp³-hybridized carbons (Fsp3) is 0.333. The summed E-state index contributed by atoms with van der Waals surface area (Å²) >= 11 is 5.80. The molecule has 1 aromatic rings. The smallest absolute Gasteiger partial charge is 0.251 e. The second-order valence-electron chi connectivity index (χ2n) is 4.07. The highest BCUT2D eigenvalue weighted by molar-refractivity contribution is 6.31. The molecule has 0 bridgehead atoms. The maximum absolute atomic E-state index is 11.8. The van der Waals surface area contributed by atoms with Gasteiger partial charge in [-0.25, -0.2) is 0 Å². The van der Waals surface area contributed by atoms with Crippen LogP contribution in [0, 0.1) is 0 Å². The van der Waals surface area contributed by atoms with Gasteiger partial charge in [0.2, 0.25) is 5.91 Å². The van der Waals surface area contributed by atoms with E-state index in [-0.39, 0.29) is 24.8 Å². The maximum Gasteiger partial charge on any atom is 0.251 e. The van der Waals surface area contributed by atoms with Crippen molar-refractivity contribution in [3.8, 4) is 0 Å². The van der Waals surface area contributed by atoms with Crippen LogP contribution in [0.25, 0.3) is 0 Å². The summed E-state index contributed by atoms with van der Waals surface area (Å²) in [6.45, 7) is 0.280. The SMILES string of the molecule is CN(C)C(=O)CCNC(=O)c1cc(N)cc(Cl)c1. The highest BCUT2D eigenvalue weighted by atomic mass is 35.5. The molecule has 1 rings (SSSR count). The Morgan fingerprint density at radius 3 is 2.56 bits per heavy atom. The number of nitrogen functional groups attached to an aromatic ring is 1. The second-order valence-corrected chi connectivity index (χ2v) is 4.50. The Labute approximate surface area is 111 Å². The Hall–Kier alpha value is -1.75. The van der Waals surface area contributed by atoms with Gasteiger partial charge in [-0.3, -0.25) is 9.59 Å². The molecule has 5 nitrogen and oxygen atoms in total. The van der Waals surface area contributed by atoms with Crippen LogP contribution in [-0.2, 0) is 4.79 Å². The first-order chi connectivity index (χ1) is 8.40. The monoisotopic (exact) mass is 269 g/mol. The van der Waals surface area contributed by atoms with E-state index in [0.717, 1.165) is 0 Å². The molecule has 0 spiro atoms. The van der Waals surface area contributed by atoms with Crippen molar-refractivity contribution >= 4 is 29.1 Å². The van der Waals surface area contributed by atoms with Crippen LogP contribution in [0.1, 0.15) is 16.8 Å². The van der Waals surface area contributed by atoms with E-state index in [2.05, 4.69) is 5.32 Å². The van der Waals surface area contributed by atoms with Crippen LogP contribution in [-0.4, -0.2) is 37.4 Å². The number of anilines is 1.